The number of ether oxygens (including phenoxy) is 1. The largest absolute Gasteiger partial charge is 0.480 e. The van der Waals surface area contributed by atoms with Crippen LogP contribution in [0.5, 0.6) is 0 Å². The maximum absolute atomic E-state index is 12.9. The van der Waals surface area contributed by atoms with Crippen molar-refractivity contribution in [3.8, 4) is 0 Å². The van der Waals surface area contributed by atoms with E-state index in [1.54, 1.807) is 46.8 Å². The maximum Gasteiger partial charge on any atom is 0.326 e. The first kappa shape index (κ1) is 28.0. The van der Waals surface area contributed by atoms with Crippen molar-refractivity contribution in [2.24, 2.45) is 5.92 Å². The smallest absolute Gasteiger partial charge is 0.326 e. The number of aryl methyl sites for hydroxylation is 1. The van der Waals surface area contributed by atoms with E-state index in [1.165, 1.54) is 12.1 Å². The summed E-state index contributed by atoms with van der Waals surface area (Å²) in [6, 6.07) is 3.63. The molecule has 4 N–H and O–H groups in total. The summed E-state index contributed by atoms with van der Waals surface area (Å²) < 4.78 is 33.5. The molecule has 32 heavy (non-hydrogen) atoms. The molecule has 0 aliphatic carbocycles. The molecule has 0 radical (unpaired) electrons. The number of carboxylic acid groups (broad SMARTS) is 1. The topological polar surface area (TPSA) is 142 Å². The standard InChI is InChI=1S/C22H36N2O7S/c1-7-15(3)19(21(27)28)23-20(26)17(12-13-18(25)31-22(4,5)6)24-32(29,30)16-10-8-14(2)9-11-16/h8-11,15,17-19,24-25H,7,12-13H2,1-6H3,(H,23,26)(H,27,28). The number of carbonyl (C=O) groups excluding carboxylic acids is 1. The number of carboxylic acids is 1. The fourth-order valence-electron chi connectivity index (χ4n) is 2.93. The molecule has 0 saturated carbocycles. The fourth-order valence-corrected chi connectivity index (χ4v) is 4.16. The average molecular weight is 473 g/mol. The summed E-state index contributed by atoms with van der Waals surface area (Å²) in [5, 5.41) is 22.0. The maximum atomic E-state index is 12.9. The molecule has 182 valence electrons. The van der Waals surface area contributed by atoms with Gasteiger partial charge in [0.25, 0.3) is 0 Å². The van der Waals surface area contributed by atoms with Gasteiger partial charge in [-0.3, -0.25) is 4.79 Å². The van der Waals surface area contributed by atoms with E-state index in [2.05, 4.69) is 10.0 Å². The Kier molecular flexibility index (Phi) is 10.3. The molecule has 0 bridgehead atoms. The van der Waals surface area contributed by atoms with Crippen molar-refractivity contribution in [2.45, 2.75) is 89.7 Å². The lowest BCUT2D eigenvalue weighted by Crippen LogP contribution is -2.53. The van der Waals surface area contributed by atoms with Gasteiger partial charge in [0, 0.05) is 6.42 Å². The predicted octanol–water partition coefficient (Wildman–Crippen LogP) is 2.17. The average Bonchev–Trinajstić information content (AvgIpc) is 2.67. The number of hydrogen-bond donors (Lipinski definition) is 4. The van der Waals surface area contributed by atoms with Gasteiger partial charge in [0.05, 0.1) is 10.5 Å². The van der Waals surface area contributed by atoms with Crippen LogP contribution in [0, 0.1) is 12.8 Å². The third kappa shape index (κ3) is 9.23. The molecule has 1 rings (SSSR count). The fraction of sp³-hybridized carbons (Fsp3) is 0.636. The molecule has 0 saturated heterocycles. The van der Waals surface area contributed by atoms with Crippen LogP contribution in [-0.4, -0.2) is 54.5 Å². The number of aliphatic hydroxyl groups excluding tert-OH is 1. The molecule has 1 aromatic carbocycles. The molecule has 0 heterocycles. The molecule has 10 heteroatoms. The molecule has 0 aromatic heterocycles. The molecular weight excluding hydrogens is 436 g/mol. The number of nitrogens with one attached hydrogen (secondary N) is 2. The van der Waals surface area contributed by atoms with Gasteiger partial charge in [-0.05, 0) is 52.2 Å². The Hall–Kier alpha value is -2.01. The second kappa shape index (κ2) is 11.7. The third-order valence-electron chi connectivity index (χ3n) is 4.91. The van der Waals surface area contributed by atoms with Crippen molar-refractivity contribution in [3.05, 3.63) is 29.8 Å². The van der Waals surface area contributed by atoms with Gasteiger partial charge in [-0.15, -0.1) is 0 Å². The van der Waals surface area contributed by atoms with E-state index < -0.39 is 45.9 Å². The normalized spacial score (nSPS) is 16.1. The zero-order valence-corrected chi connectivity index (χ0v) is 20.4. The van der Waals surface area contributed by atoms with Crippen LogP contribution in [0.3, 0.4) is 0 Å². The van der Waals surface area contributed by atoms with Crippen molar-refractivity contribution < 1.29 is 33.0 Å². The summed E-state index contributed by atoms with van der Waals surface area (Å²) in [7, 11) is -4.07. The Morgan fingerprint density at radius 1 is 1.12 bits per heavy atom. The lowest BCUT2D eigenvalue weighted by molar-refractivity contribution is -0.169. The molecular formula is C22H36N2O7S. The van der Waals surface area contributed by atoms with E-state index >= 15 is 0 Å². The van der Waals surface area contributed by atoms with Gasteiger partial charge >= 0.3 is 5.97 Å². The van der Waals surface area contributed by atoms with E-state index in [0.717, 1.165) is 5.56 Å². The first-order valence-electron chi connectivity index (χ1n) is 10.6. The summed E-state index contributed by atoms with van der Waals surface area (Å²) in [5.41, 5.74) is 0.238. The van der Waals surface area contributed by atoms with Crippen LogP contribution in [0.4, 0.5) is 0 Å². The molecule has 0 aliphatic heterocycles. The zero-order chi connectivity index (χ0) is 24.7. The third-order valence-corrected chi connectivity index (χ3v) is 6.40. The number of hydrogen-bond acceptors (Lipinski definition) is 6. The van der Waals surface area contributed by atoms with Gasteiger partial charge in [0.2, 0.25) is 15.9 Å². The van der Waals surface area contributed by atoms with Gasteiger partial charge in [-0.2, -0.15) is 4.72 Å². The van der Waals surface area contributed by atoms with Crippen LogP contribution in [0.25, 0.3) is 0 Å². The van der Waals surface area contributed by atoms with E-state index in [9.17, 15) is 28.2 Å². The quantitative estimate of drug-likeness (QED) is 0.342. The van der Waals surface area contributed by atoms with Crippen LogP contribution in [0.1, 0.15) is 59.4 Å². The summed E-state index contributed by atoms with van der Waals surface area (Å²) in [6.45, 7) is 10.6. The Morgan fingerprint density at radius 3 is 2.16 bits per heavy atom. The van der Waals surface area contributed by atoms with Gasteiger partial charge in [0.15, 0.2) is 6.29 Å². The van der Waals surface area contributed by atoms with Crippen LogP contribution in [0.15, 0.2) is 29.2 Å². The van der Waals surface area contributed by atoms with Gasteiger partial charge in [0.1, 0.15) is 12.1 Å². The Balaban J connectivity index is 3.09. The van der Waals surface area contributed by atoms with Crippen LogP contribution in [-0.2, 0) is 24.3 Å². The molecule has 1 amide bonds. The highest BCUT2D eigenvalue weighted by atomic mass is 32.2. The molecule has 1 aromatic rings. The minimum Gasteiger partial charge on any atom is -0.480 e. The monoisotopic (exact) mass is 472 g/mol. The number of carbonyl (C=O) groups is 2. The van der Waals surface area contributed by atoms with Crippen molar-refractivity contribution in [1.82, 2.24) is 10.0 Å². The number of rotatable bonds is 12. The van der Waals surface area contributed by atoms with Gasteiger partial charge in [-0.1, -0.05) is 38.0 Å². The van der Waals surface area contributed by atoms with Crippen molar-refractivity contribution in [2.75, 3.05) is 0 Å². The summed E-state index contributed by atoms with van der Waals surface area (Å²) in [4.78, 5) is 24.5. The highest BCUT2D eigenvalue weighted by Crippen LogP contribution is 2.17. The SMILES string of the molecule is CCC(C)C(NC(=O)C(CCC(O)OC(C)(C)C)NS(=O)(=O)c1ccc(C)cc1)C(=O)O. The van der Waals surface area contributed by atoms with Gasteiger partial charge < -0.3 is 20.3 Å². The first-order valence-corrected chi connectivity index (χ1v) is 12.1. The number of sulfonamides is 1. The van der Waals surface area contributed by atoms with Crippen molar-refractivity contribution >= 4 is 21.9 Å². The van der Waals surface area contributed by atoms with Crippen LogP contribution in [0.2, 0.25) is 0 Å². The molecule has 9 nitrogen and oxygen atoms in total. The molecule has 0 spiro atoms. The highest BCUT2D eigenvalue weighted by molar-refractivity contribution is 7.89. The van der Waals surface area contributed by atoms with Crippen molar-refractivity contribution in [1.29, 1.82) is 0 Å². The van der Waals surface area contributed by atoms with Crippen LogP contribution < -0.4 is 10.0 Å². The number of aliphatic hydroxyl groups is 1. The second-order valence-electron chi connectivity index (χ2n) is 8.96. The molecule has 4 atom stereocenters. The van der Waals surface area contributed by atoms with E-state index in [-0.39, 0.29) is 23.7 Å². The minimum atomic E-state index is -4.07. The predicted molar refractivity (Wildman–Crippen MR) is 120 cm³/mol. The minimum absolute atomic E-state index is 0.0240. The number of benzene rings is 1. The molecule has 0 fully saturated rings. The van der Waals surface area contributed by atoms with Gasteiger partial charge in [-0.25, -0.2) is 13.2 Å². The second-order valence-corrected chi connectivity index (χ2v) is 10.7. The summed E-state index contributed by atoms with van der Waals surface area (Å²) >= 11 is 0. The van der Waals surface area contributed by atoms with E-state index in [0.29, 0.717) is 6.42 Å². The number of aliphatic carboxylic acids is 1. The Labute approximate surface area is 190 Å². The van der Waals surface area contributed by atoms with Crippen molar-refractivity contribution in [3.63, 3.8) is 0 Å². The molecule has 0 aliphatic rings. The first-order chi connectivity index (χ1) is 14.7. The molecule has 4 unspecified atom stereocenters. The van der Waals surface area contributed by atoms with Crippen LogP contribution >= 0.6 is 0 Å². The summed E-state index contributed by atoms with van der Waals surface area (Å²) in [5.74, 6) is -2.35. The van der Waals surface area contributed by atoms with E-state index in [4.69, 9.17) is 4.74 Å². The zero-order valence-electron chi connectivity index (χ0n) is 19.6. The summed E-state index contributed by atoms with van der Waals surface area (Å²) in [6.07, 6.45) is -0.845. The lowest BCUT2D eigenvalue weighted by Gasteiger charge is -2.27. The number of amides is 1. The Morgan fingerprint density at radius 2 is 1.69 bits per heavy atom. The Bertz CT molecular complexity index is 863. The van der Waals surface area contributed by atoms with E-state index in [1.807, 2.05) is 6.92 Å². The highest BCUT2D eigenvalue weighted by Gasteiger charge is 2.32. The lowest BCUT2D eigenvalue weighted by atomic mass is 9.98.